The highest BCUT2D eigenvalue weighted by molar-refractivity contribution is 6.22. The molecule has 0 saturated carbocycles. The maximum absolute atomic E-state index is 11.6. The van der Waals surface area contributed by atoms with E-state index in [1.54, 1.807) is 13.8 Å². The molecule has 0 saturated heterocycles. The topological polar surface area (TPSA) is 62.9 Å². The molecule has 15 heavy (non-hydrogen) atoms. The van der Waals surface area contributed by atoms with Crippen LogP contribution in [0.15, 0.2) is 12.2 Å². The number of nitrogens with zero attached hydrogens (tertiary/aromatic N) is 2. The van der Waals surface area contributed by atoms with Gasteiger partial charge in [0.15, 0.2) is 12.0 Å². The summed E-state index contributed by atoms with van der Waals surface area (Å²) in [5.41, 5.74) is 1.91. The summed E-state index contributed by atoms with van der Waals surface area (Å²) < 4.78 is 1.22. The minimum absolute atomic E-state index is 0.194. The third kappa shape index (κ3) is 1.07. The molecule has 0 unspecified atom stereocenters. The van der Waals surface area contributed by atoms with Crippen molar-refractivity contribution in [1.29, 1.82) is 5.26 Å². The van der Waals surface area contributed by atoms with Crippen molar-refractivity contribution in [3.63, 3.8) is 0 Å². The van der Waals surface area contributed by atoms with Crippen LogP contribution < -0.4 is 0 Å². The molecule has 0 spiro atoms. The Kier molecular flexibility index (Phi) is 1.83. The van der Waals surface area contributed by atoms with Gasteiger partial charge in [0, 0.05) is 5.69 Å². The summed E-state index contributed by atoms with van der Waals surface area (Å²) >= 11 is 0. The van der Waals surface area contributed by atoms with Crippen LogP contribution in [0.5, 0.6) is 0 Å². The van der Waals surface area contributed by atoms with Gasteiger partial charge in [-0.05, 0) is 31.6 Å². The SMILES string of the molecule is Cc1c2c(n(C#N)c1C)C(=O)C=CC2=O. The number of fused-ring (bicyclic) bond motifs is 1. The van der Waals surface area contributed by atoms with E-state index in [-0.39, 0.29) is 17.3 Å². The number of rotatable bonds is 0. The van der Waals surface area contributed by atoms with Gasteiger partial charge in [0.25, 0.3) is 0 Å². The molecule has 1 aliphatic rings. The fourth-order valence-electron chi connectivity index (χ4n) is 1.78. The Bertz CT molecular complexity index is 556. The number of nitriles is 1. The zero-order chi connectivity index (χ0) is 11.2. The van der Waals surface area contributed by atoms with Gasteiger partial charge in [-0.2, -0.15) is 5.26 Å². The van der Waals surface area contributed by atoms with E-state index in [2.05, 4.69) is 0 Å². The van der Waals surface area contributed by atoms with Crippen LogP contribution in [0.25, 0.3) is 0 Å². The molecule has 0 amide bonds. The quantitative estimate of drug-likeness (QED) is 0.635. The maximum Gasteiger partial charge on any atom is 0.204 e. The van der Waals surface area contributed by atoms with Gasteiger partial charge in [-0.3, -0.25) is 9.59 Å². The first-order valence-electron chi connectivity index (χ1n) is 4.46. The number of carbonyl (C=O) groups excluding carboxylic acids is 2. The first-order chi connectivity index (χ1) is 7.07. The summed E-state index contributed by atoms with van der Waals surface area (Å²) in [5.74, 6) is -0.499. The summed E-state index contributed by atoms with van der Waals surface area (Å²) in [7, 11) is 0. The highest BCUT2D eigenvalue weighted by Crippen LogP contribution is 2.25. The number of hydrogen-bond donors (Lipinski definition) is 0. The second-order valence-corrected chi connectivity index (χ2v) is 3.43. The monoisotopic (exact) mass is 200 g/mol. The molecule has 0 bridgehead atoms. The van der Waals surface area contributed by atoms with Crippen LogP contribution in [0.2, 0.25) is 0 Å². The molecule has 0 atom stereocenters. The van der Waals surface area contributed by atoms with Crippen LogP contribution in [0, 0.1) is 25.3 Å². The standard InChI is InChI=1S/C11H8N2O2/c1-6-7(2)13(5-12)11-9(15)4-3-8(14)10(6)11/h3-4H,1-2H3. The maximum atomic E-state index is 11.6. The first kappa shape index (κ1) is 9.41. The molecule has 2 rings (SSSR count). The number of aromatic nitrogens is 1. The van der Waals surface area contributed by atoms with Gasteiger partial charge in [-0.15, -0.1) is 0 Å². The minimum atomic E-state index is -0.289. The second kappa shape index (κ2) is 2.92. The lowest BCUT2D eigenvalue weighted by atomic mass is 9.98. The normalized spacial score (nSPS) is 13.9. The summed E-state index contributed by atoms with van der Waals surface area (Å²) in [4.78, 5) is 23.1. The molecule has 1 aromatic heterocycles. The Morgan fingerprint density at radius 1 is 1.20 bits per heavy atom. The van der Waals surface area contributed by atoms with Gasteiger partial charge in [-0.25, -0.2) is 4.57 Å². The summed E-state index contributed by atoms with van der Waals surface area (Å²) in [5, 5.41) is 8.92. The number of ketones is 2. The van der Waals surface area contributed by atoms with Crippen LogP contribution in [0.3, 0.4) is 0 Å². The first-order valence-corrected chi connectivity index (χ1v) is 4.46. The molecule has 0 radical (unpaired) electrons. The molecule has 1 aliphatic carbocycles. The molecule has 1 aromatic rings. The van der Waals surface area contributed by atoms with Crippen LogP contribution in [0.4, 0.5) is 0 Å². The largest absolute Gasteiger partial charge is 0.289 e. The van der Waals surface area contributed by atoms with Gasteiger partial charge in [0.1, 0.15) is 5.69 Å². The van der Waals surface area contributed by atoms with Crippen LogP contribution in [0.1, 0.15) is 32.1 Å². The summed E-state index contributed by atoms with van der Waals surface area (Å²) in [6.07, 6.45) is 4.36. The van der Waals surface area contributed by atoms with E-state index in [9.17, 15) is 9.59 Å². The van der Waals surface area contributed by atoms with Crippen LogP contribution >= 0.6 is 0 Å². The third-order valence-corrected chi connectivity index (χ3v) is 2.68. The van der Waals surface area contributed by atoms with Crippen molar-refractivity contribution in [1.82, 2.24) is 4.57 Å². The molecule has 0 N–H and O–H groups in total. The van der Waals surface area contributed by atoms with Gasteiger partial charge in [0.2, 0.25) is 5.78 Å². The van der Waals surface area contributed by atoms with E-state index in [0.717, 1.165) is 0 Å². The lowest BCUT2D eigenvalue weighted by molar-refractivity contribution is 0.0990. The lowest BCUT2D eigenvalue weighted by Crippen LogP contribution is -2.14. The Morgan fingerprint density at radius 3 is 2.40 bits per heavy atom. The van der Waals surface area contributed by atoms with E-state index in [1.165, 1.54) is 16.7 Å². The van der Waals surface area contributed by atoms with Crippen molar-refractivity contribution in [2.75, 3.05) is 0 Å². The molecule has 1 heterocycles. The molecule has 4 heteroatoms. The molecule has 0 aromatic carbocycles. The smallest absolute Gasteiger partial charge is 0.204 e. The van der Waals surface area contributed by atoms with Crippen LogP contribution in [-0.2, 0) is 0 Å². The second-order valence-electron chi connectivity index (χ2n) is 3.43. The third-order valence-electron chi connectivity index (χ3n) is 2.68. The summed E-state index contributed by atoms with van der Waals surface area (Å²) in [6, 6.07) is 0. The fraction of sp³-hybridized carbons (Fsp3) is 0.182. The molecular weight excluding hydrogens is 192 g/mol. The van der Waals surface area contributed by atoms with Crippen molar-refractivity contribution in [2.24, 2.45) is 0 Å². The Morgan fingerprint density at radius 2 is 1.80 bits per heavy atom. The van der Waals surface area contributed by atoms with Gasteiger partial charge in [0.05, 0.1) is 5.56 Å². The van der Waals surface area contributed by atoms with Crippen molar-refractivity contribution < 1.29 is 9.59 Å². The minimum Gasteiger partial charge on any atom is -0.289 e. The summed E-state index contributed by atoms with van der Waals surface area (Å²) in [6.45, 7) is 3.46. The molecule has 74 valence electrons. The van der Waals surface area contributed by atoms with E-state index in [0.29, 0.717) is 16.8 Å². The van der Waals surface area contributed by atoms with Crippen molar-refractivity contribution in [3.8, 4) is 6.19 Å². The van der Waals surface area contributed by atoms with E-state index in [4.69, 9.17) is 5.26 Å². The van der Waals surface area contributed by atoms with E-state index < -0.39 is 0 Å². The Hall–Kier alpha value is -2.15. The highest BCUT2D eigenvalue weighted by Gasteiger charge is 2.28. The fourth-order valence-corrected chi connectivity index (χ4v) is 1.78. The van der Waals surface area contributed by atoms with Crippen LogP contribution in [-0.4, -0.2) is 16.1 Å². The van der Waals surface area contributed by atoms with Gasteiger partial charge in [-0.1, -0.05) is 0 Å². The highest BCUT2D eigenvalue weighted by atomic mass is 16.1. The van der Waals surface area contributed by atoms with E-state index in [1.807, 2.05) is 6.19 Å². The average molecular weight is 200 g/mol. The Labute approximate surface area is 86.4 Å². The van der Waals surface area contributed by atoms with Crippen molar-refractivity contribution in [2.45, 2.75) is 13.8 Å². The van der Waals surface area contributed by atoms with Gasteiger partial charge >= 0.3 is 0 Å². The number of hydrogen-bond acceptors (Lipinski definition) is 3. The van der Waals surface area contributed by atoms with E-state index >= 15 is 0 Å². The number of allylic oxidation sites excluding steroid dienone is 2. The van der Waals surface area contributed by atoms with Crippen molar-refractivity contribution in [3.05, 3.63) is 34.7 Å². The molecule has 0 aliphatic heterocycles. The predicted octanol–water partition coefficient (Wildman–Crippen LogP) is 1.37. The molecule has 4 nitrogen and oxygen atoms in total. The zero-order valence-corrected chi connectivity index (χ0v) is 8.37. The number of carbonyl (C=O) groups is 2. The predicted molar refractivity (Wildman–Crippen MR) is 52.7 cm³/mol. The molecular formula is C11H8N2O2. The lowest BCUT2D eigenvalue weighted by Gasteiger charge is -2.04. The zero-order valence-electron chi connectivity index (χ0n) is 8.37. The van der Waals surface area contributed by atoms with Gasteiger partial charge < -0.3 is 0 Å². The van der Waals surface area contributed by atoms with Crippen molar-refractivity contribution >= 4 is 11.6 Å². The average Bonchev–Trinajstić information content (AvgIpc) is 2.47. The molecule has 0 fully saturated rings. The Balaban J connectivity index is 2.89.